The molecule has 0 amide bonds. The van der Waals surface area contributed by atoms with E-state index in [1.165, 1.54) is 11.5 Å². The summed E-state index contributed by atoms with van der Waals surface area (Å²) in [5.41, 5.74) is 0. The van der Waals surface area contributed by atoms with E-state index in [2.05, 4.69) is 18.2 Å². The summed E-state index contributed by atoms with van der Waals surface area (Å²) in [6.45, 7) is 3.73. The Kier molecular flexibility index (Phi) is 0.731. The highest BCUT2D eigenvalue weighted by Gasteiger charge is 2.26. The Labute approximate surface area is 40.6 Å². The van der Waals surface area contributed by atoms with Crippen molar-refractivity contribution in [1.82, 2.24) is 0 Å². The third-order valence-corrected chi connectivity index (χ3v) is 3.75. The Hall–Kier alpha value is 0.0900. The summed E-state index contributed by atoms with van der Waals surface area (Å²) in [6, 6.07) is 0. The standard InChI is InChI=1S/C5H10S/c1-3-6(2)4-5-6/h3H,1,4-5H2,2H3. The largest absolute Gasteiger partial charge is 0.223 e. The minimum atomic E-state index is -0.148. The number of rotatable bonds is 1. The van der Waals surface area contributed by atoms with Gasteiger partial charge in [0.05, 0.1) is 0 Å². The lowest BCUT2D eigenvalue weighted by molar-refractivity contribution is 1.75. The van der Waals surface area contributed by atoms with E-state index in [0.717, 1.165) is 0 Å². The van der Waals surface area contributed by atoms with E-state index in [1.807, 2.05) is 0 Å². The predicted molar refractivity (Wildman–Crippen MR) is 33.4 cm³/mol. The summed E-state index contributed by atoms with van der Waals surface area (Å²) in [5.74, 6) is 2.88. The molecule has 0 saturated carbocycles. The summed E-state index contributed by atoms with van der Waals surface area (Å²) < 4.78 is 0. The van der Waals surface area contributed by atoms with Crippen molar-refractivity contribution in [3.05, 3.63) is 12.0 Å². The second kappa shape index (κ2) is 1.03. The highest BCUT2D eigenvalue weighted by atomic mass is 32.3. The van der Waals surface area contributed by atoms with Crippen LogP contribution in [0.3, 0.4) is 0 Å². The lowest BCUT2D eigenvalue weighted by Crippen LogP contribution is -1.59. The molecule has 0 N–H and O–H groups in total. The van der Waals surface area contributed by atoms with Crippen molar-refractivity contribution in [3.8, 4) is 0 Å². The van der Waals surface area contributed by atoms with E-state index < -0.39 is 0 Å². The van der Waals surface area contributed by atoms with Gasteiger partial charge in [-0.1, -0.05) is 12.0 Å². The van der Waals surface area contributed by atoms with Gasteiger partial charge in [0, 0.05) is 0 Å². The molecule has 0 aliphatic carbocycles. The summed E-state index contributed by atoms with van der Waals surface area (Å²) in [4.78, 5) is 0. The molecule has 1 fully saturated rings. The quantitative estimate of drug-likeness (QED) is 0.441. The van der Waals surface area contributed by atoms with Gasteiger partial charge in [0.2, 0.25) is 0 Å². The second-order valence-corrected chi connectivity index (χ2v) is 5.78. The van der Waals surface area contributed by atoms with Crippen LogP contribution in [0, 0.1) is 0 Å². The molecule has 1 aliphatic rings. The molecule has 0 unspecified atom stereocenters. The van der Waals surface area contributed by atoms with Gasteiger partial charge in [-0.15, -0.1) is 0 Å². The molecule has 0 radical (unpaired) electrons. The highest BCUT2D eigenvalue weighted by molar-refractivity contribution is 8.41. The maximum Gasteiger partial charge on any atom is -0.0116 e. The zero-order valence-corrected chi connectivity index (χ0v) is 4.92. The molecule has 0 bridgehead atoms. The van der Waals surface area contributed by atoms with Crippen LogP contribution in [-0.4, -0.2) is 17.8 Å². The minimum Gasteiger partial charge on any atom is -0.223 e. The van der Waals surface area contributed by atoms with Crippen LogP contribution in [0.25, 0.3) is 0 Å². The summed E-state index contributed by atoms with van der Waals surface area (Å²) >= 11 is 0. The van der Waals surface area contributed by atoms with Crippen molar-refractivity contribution in [1.29, 1.82) is 0 Å². The lowest BCUT2D eigenvalue weighted by Gasteiger charge is -2.00. The normalized spacial score (nSPS) is 31.5. The number of hydrogen-bond acceptors (Lipinski definition) is 0. The smallest absolute Gasteiger partial charge is 0.0116 e. The van der Waals surface area contributed by atoms with Crippen molar-refractivity contribution >= 4 is 10.0 Å². The third kappa shape index (κ3) is 0.597. The monoisotopic (exact) mass is 102 g/mol. The molecule has 0 atom stereocenters. The molecule has 0 aromatic carbocycles. The Morgan fingerprint density at radius 1 is 1.67 bits per heavy atom. The van der Waals surface area contributed by atoms with Crippen LogP contribution in [0.15, 0.2) is 12.0 Å². The lowest BCUT2D eigenvalue weighted by atomic mass is 11.0. The molecule has 36 valence electrons. The van der Waals surface area contributed by atoms with Gasteiger partial charge in [0.25, 0.3) is 0 Å². The molecule has 0 spiro atoms. The zero-order valence-electron chi connectivity index (χ0n) is 4.11. The summed E-state index contributed by atoms with van der Waals surface area (Å²) in [5, 5.41) is 2.13. The zero-order chi connectivity index (χ0) is 4.62. The Bertz CT molecular complexity index is 72.0. The predicted octanol–water partition coefficient (Wildman–Crippen LogP) is 1.58. The first-order valence-corrected chi connectivity index (χ1v) is 4.57. The van der Waals surface area contributed by atoms with E-state index in [1.54, 1.807) is 0 Å². The first-order valence-electron chi connectivity index (χ1n) is 2.13. The molecule has 0 aromatic rings. The fourth-order valence-electron chi connectivity index (χ4n) is 0.298. The SMILES string of the molecule is C=CS1(C)CC1. The van der Waals surface area contributed by atoms with E-state index in [0.29, 0.717) is 0 Å². The fourth-order valence-corrected chi connectivity index (χ4v) is 1.68. The molecule has 1 rings (SSSR count). The van der Waals surface area contributed by atoms with Gasteiger partial charge in [0.1, 0.15) is 0 Å². The van der Waals surface area contributed by atoms with Gasteiger partial charge >= 0.3 is 0 Å². The molecule has 1 heteroatoms. The van der Waals surface area contributed by atoms with Gasteiger partial charge < -0.3 is 0 Å². The molecular formula is C5H10S. The van der Waals surface area contributed by atoms with Crippen LogP contribution >= 0.6 is 10.0 Å². The van der Waals surface area contributed by atoms with E-state index in [9.17, 15) is 0 Å². The second-order valence-electron chi connectivity index (χ2n) is 1.93. The van der Waals surface area contributed by atoms with Gasteiger partial charge in [-0.25, -0.2) is 10.0 Å². The van der Waals surface area contributed by atoms with Gasteiger partial charge in [-0.3, -0.25) is 0 Å². The fraction of sp³-hybridized carbons (Fsp3) is 0.600. The van der Waals surface area contributed by atoms with Crippen molar-refractivity contribution in [2.45, 2.75) is 0 Å². The number of hydrogen-bond donors (Lipinski definition) is 0. The third-order valence-electron chi connectivity index (χ3n) is 1.25. The van der Waals surface area contributed by atoms with E-state index >= 15 is 0 Å². The average molecular weight is 102 g/mol. The van der Waals surface area contributed by atoms with E-state index in [-0.39, 0.29) is 10.0 Å². The van der Waals surface area contributed by atoms with Crippen LogP contribution in [0.4, 0.5) is 0 Å². The van der Waals surface area contributed by atoms with Gasteiger partial charge in [-0.05, 0) is 17.8 Å². The first kappa shape index (κ1) is 4.25. The van der Waals surface area contributed by atoms with Gasteiger partial charge in [-0.2, -0.15) is 0 Å². The summed E-state index contributed by atoms with van der Waals surface area (Å²) in [6.07, 6.45) is 2.32. The van der Waals surface area contributed by atoms with Crippen LogP contribution in [0.2, 0.25) is 0 Å². The van der Waals surface area contributed by atoms with Crippen molar-refractivity contribution < 1.29 is 0 Å². The molecule has 0 aromatic heterocycles. The maximum atomic E-state index is 3.73. The van der Waals surface area contributed by atoms with Gasteiger partial charge in [0.15, 0.2) is 0 Å². The van der Waals surface area contributed by atoms with Crippen LogP contribution in [0.5, 0.6) is 0 Å². The molecule has 0 nitrogen and oxygen atoms in total. The summed E-state index contributed by atoms with van der Waals surface area (Å²) in [7, 11) is -0.148. The van der Waals surface area contributed by atoms with Crippen LogP contribution in [-0.2, 0) is 0 Å². The minimum absolute atomic E-state index is 0.148. The highest BCUT2D eigenvalue weighted by Crippen LogP contribution is 2.58. The Balaban J connectivity index is 2.47. The molecule has 1 aliphatic heterocycles. The van der Waals surface area contributed by atoms with Crippen molar-refractivity contribution in [3.63, 3.8) is 0 Å². The Morgan fingerprint density at radius 2 is 2.17 bits per heavy atom. The maximum absolute atomic E-state index is 3.73. The van der Waals surface area contributed by atoms with Crippen LogP contribution < -0.4 is 0 Å². The van der Waals surface area contributed by atoms with Crippen LogP contribution in [0.1, 0.15) is 0 Å². The molecule has 6 heavy (non-hydrogen) atoms. The molecule has 1 saturated heterocycles. The van der Waals surface area contributed by atoms with Crippen molar-refractivity contribution in [2.75, 3.05) is 17.8 Å². The molecular weight excluding hydrogens is 92.1 g/mol. The van der Waals surface area contributed by atoms with E-state index in [4.69, 9.17) is 0 Å². The van der Waals surface area contributed by atoms with Crippen molar-refractivity contribution in [2.24, 2.45) is 0 Å². The average Bonchev–Trinajstić information content (AvgIpc) is 2.22. The topological polar surface area (TPSA) is 0 Å². The Morgan fingerprint density at radius 3 is 2.17 bits per heavy atom. The first-order chi connectivity index (χ1) is 2.77. The molecule has 1 heterocycles.